The number of anilines is 6. The van der Waals surface area contributed by atoms with Crippen LogP contribution in [-0.4, -0.2) is 11.3 Å². The van der Waals surface area contributed by atoms with Crippen LogP contribution >= 0.6 is 22.7 Å². The maximum absolute atomic E-state index is 2.60. The molecule has 3 nitrogen and oxygen atoms in total. The van der Waals surface area contributed by atoms with E-state index in [9.17, 15) is 0 Å². The SMILES string of the molecule is CC(C)(C)c1ccc(N2c3cc(-n4c5ccccc5c5ccccc54)cc4c3B(c3sc5ccccc5c32)c2sc3ccccc3c2N4c2ccc(C(C)(C)C)cc2)cc1. The first kappa shape index (κ1) is 35.8. The van der Waals surface area contributed by atoms with Crippen LogP contribution in [0.4, 0.5) is 34.1 Å². The minimum atomic E-state index is 0.0436. The highest BCUT2D eigenvalue weighted by Gasteiger charge is 2.47. The maximum atomic E-state index is 2.60. The number of para-hydroxylation sites is 2. The van der Waals surface area contributed by atoms with Gasteiger partial charge in [-0.05, 0) is 88.1 Å². The maximum Gasteiger partial charge on any atom is 0.277 e. The third-order valence-electron chi connectivity index (χ3n) is 12.9. The van der Waals surface area contributed by atoms with Crippen molar-refractivity contribution < 1.29 is 0 Å². The van der Waals surface area contributed by atoms with Crippen LogP contribution in [0.2, 0.25) is 0 Å². The predicted molar refractivity (Wildman–Crippen MR) is 263 cm³/mol. The first-order valence-electron chi connectivity index (χ1n) is 21.1. The van der Waals surface area contributed by atoms with Gasteiger partial charge in [0.25, 0.3) is 6.71 Å². The quantitative estimate of drug-likeness (QED) is 0.165. The van der Waals surface area contributed by atoms with Gasteiger partial charge in [-0.3, -0.25) is 0 Å². The molecule has 5 heterocycles. The van der Waals surface area contributed by atoms with Gasteiger partial charge in [0.15, 0.2) is 0 Å². The number of benzene rings is 7. The molecule has 0 spiro atoms. The molecule has 0 aliphatic carbocycles. The molecule has 0 unspecified atom stereocenters. The van der Waals surface area contributed by atoms with Crippen molar-refractivity contribution in [3.63, 3.8) is 0 Å². The van der Waals surface area contributed by atoms with Gasteiger partial charge in [0.05, 0.1) is 28.1 Å². The molecule has 0 radical (unpaired) electrons. The molecule has 7 aromatic carbocycles. The van der Waals surface area contributed by atoms with E-state index in [4.69, 9.17) is 0 Å². The number of thiophene rings is 2. The molecule has 0 amide bonds. The lowest BCUT2D eigenvalue weighted by molar-refractivity contribution is 0.590. The molecule has 12 rings (SSSR count). The Morgan fingerprint density at radius 2 is 0.800 bits per heavy atom. The molecule has 290 valence electrons. The third kappa shape index (κ3) is 5.14. The Labute approximate surface area is 359 Å². The van der Waals surface area contributed by atoms with Crippen LogP contribution in [-0.2, 0) is 10.8 Å². The van der Waals surface area contributed by atoms with Crippen LogP contribution in [0.3, 0.4) is 0 Å². The van der Waals surface area contributed by atoms with Gasteiger partial charge in [-0.2, -0.15) is 0 Å². The highest BCUT2D eigenvalue weighted by molar-refractivity contribution is 7.40. The van der Waals surface area contributed by atoms with Crippen molar-refractivity contribution in [2.45, 2.75) is 52.4 Å². The standard InChI is InChI=1S/C54H44BN3S2/c1-53(2,3)33-23-27-35(28-24-33)57-44-31-37(56-42-19-11-7-15-38(42)39-16-8-12-20-43(39)56)32-45-48(44)55(51-49(57)40-17-9-13-21-46(40)59-51)52-50(41-18-10-14-22-47(41)60-52)58(45)36-29-25-34(26-30-36)54(4,5)6/h7-32H,1-6H3. The Hall–Kier alpha value is -6.08. The van der Waals surface area contributed by atoms with Crippen molar-refractivity contribution in [2.75, 3.05) is 9.80 Å². The van der Waals surface area contributed by atoms with Gasteiger partial charge in [-0.15, -0.1) is 22.7 Å². The van der Waals surface area contributed by atoms with Crippen molar-refractivity contribution in [1.82, 2.24) is 4.57 Å². The first-order chi connectivity index (χ1) is 29.0. The van der Waals surface area contributed by atoms with E-state index >= 15 is 0 Å². The van der Waals surface area contributed by atoms with Gasteiger partial charge >= 0.3 is 0 Å². The fraction of sp³-hybridized carbons (Fsp3) is 0.148. The fourth-order valence-corrected chi connectivity index (χ4v) is 12.6. The molecule has 0 atom stereocenters. The molecule has 10 aromatic rings. The second-order valence-corrected chi connectivity index (χ2v) is 20.8. The second-order valence-electron chi connectivity index (χ2n) is 18.6. The van der Waals surface area contributed by atoms with Crippen LogP contribution < -0.4 is 24.8 Å². The summed E-state index contributed by atoms with van der Waals surface area (Å²) in [7, 11) is 0. The molecule has 0 fully saturated rings. The summed E-state index contributed by atoms with van der Waals surface area (Å²) < 4.78 is 7.95. The number of hydrogen-bond donors (Lipinski definition) is 0. The van der Waals surface area contributed by atoms with Crippen LogP contribution in [0.1, 0.15) is 52.7 Å². The number of nitrogens with zero attached hydrogens (tertiary/aromatic N) is 3. The van der Waals surface area contributed by atoms with Crippen molar-refractivity contribution in [3.05, 3.63) is 169 Å². The predicted octanol–water partition coefficient (Wildman–Crippen LogP) is 13.9. The van der Waals surface area contributed by atoms with Gasteiger partial charge in [-0.25, -0.2) is 0 Å². The Kier molecular flexibility index (Phi) is 7.60. The summed E-state index contributed by atoms with van der Waals surface area (Å²) in [5.41, 5.74) is 15.1. The Morgan fingerprint density at radius 1 is 0.417 bits per heavy atom. The van der Waals surface area contributed by atoms with Gasteiger partial charge < -0.3 is 14.4 Å². The lowest BCUT2D eigenvalue weighted by Crippen LogP contribution is -2.59. The zero-order valence-electron chi connectivity index (χ0n) is 34.7. The Bertz CT molecular complexity index is 3140. The van der Waals surface area contributed by atoms with E-state index in [0.717, 1.165) is 5.69 Å². The molecule has 2 aliphatic rings. The summed E-state index contributed by atoms with van der Waals surface area (Å²) in [5, 5.41) is 5.13. The van der Waals surface area contributed by atoms with Crippen molar-refractivity contribution in [3.8, 4) is 5.69 Å². The van der Waals surface area contributed by atoms with Crippen molar-refractivity contribution >= 4 is 121 Å². The Balaban J connectivity index is 1.24. The van der Waals surface area contributed by atoms with E-state index in [2.05, 4.69) is 214 Å². The zero-order valence-corrected chi connectivity index (χ0v) is 36.4. The lowest BCUT2D eigenvalue weighted by Gasteiger charge is -2.42. The largest absolute Gasteiger partial charge is 0.310 e. The molecule has 3 aromatic heterocycles. The average Bonchev–Trinajstić information content (AvgIpc) is 3.93. The smallest absolute Gasteiger partial charge is 0.277 e. The molecule has 60 heavy (non-hydrogen) atoms. The second kappa shape index (κ2) is 12.7. The number of aromatic nitrogens is 1. The highest BCUT2D eigenvalue weighted by Crippen LogP contribution is 2.51. The molecule has 0 N–H and O–H groups in total. The Morgan fingerprint density at radius 3 is 1.22 bits per heavy atom. The molecule has 0 saturated heterocycles. The first-order valence-corrected chi connectivity index (χ1v) is 22.7. The van der Waals surface area contributed by atoms with Crippen LogP contribution in [0.5, 0.6) is 0 Å². The number of fused-ring (bicyclic) bond motifs is 11. The average molecular weight is 810 g/mol. The number of hydrogen-bond acceptors (Lipinski definition) is 4. The van der Waals surface area contributed by atoms with E-state index in [-0.39, 0.29) is 17.5 Å². The van der Waals surface area contributed by atoms with Gasteiger partial charge in [0.2, 0.25) is 0 Å². The molecule has 0 saturated carbocycles. The minimum absolute atomic E-state index is 0.0436. The fourth-order valence-electron chi connectivity index (χ4n) is 9.94. The van der Waals surface area contributed by atoms with Gasteiger partial charge in [0.1, 0.15) is 0 Å². The summed E-state index contributed by atoms with van der Waals surface area (Å²) in [4.78, 5) is 5.21. The molecular weight excluding hydrogens is 766 g/mol. The van der Waals surface area contributed by atoms with Crippen LogP contribution in [0.25, 0.3) is 47.7 Å². The molecule has 0 bridgehead atoms. The highest BCUT2D eigenvalue weighted by atomic mass is 32.1. The van der Waals surface area contributed by atoms with Gasteiger partial charge in [0, 0.05) is 63.2 Å². The normalized spacial score (nSPS) is 13.7. The zero-order chi connectivity index (χ0) is 40.7. The van der Waals surface area contributed by atoms with Gasteiger partial charge in [-0.1, -0.05) is 139 Å². The summed E-state index contributed by atoms with van der Waals surface area (Å²) in [6, 6.07) is 59.7. The van der Waals surface area contributed by atoms with E-state index in [0.29, 0.717) is 0 Å². The van der Waals surface area contributed by atoms with Crippen molar-refractivity contribution in [1.29, 1.82) is 0 Å². The topological polar surface area (TPSA) is 11.4 Å². The van der Waals surface area contributed by atoms with Crippen LogP contribution in [0, 0.1) is 0 Å². The molecule has 6 heteroatoms. The van der Waals surface area contributed by atoms with E-state index in [1.165, 1.54) is 102 Å². The monoisotopic (exact) mass is 809 g/mol. The number of rotatable bonds is 3. The third-order valence-corrected chi connectivity index (χ3v) is 15.3. The lowest BCUT2D eigenvalue weighted by atomic mass is 9.39. The summed E-state index contributed by atoms with van der Waals surface area (Å²) in [6.45, 7) is 13.9. The minimum Gasteiger partial charge on any atom is -0.310 e. The van der Waals surface area contributed by atoms with Crippen molar-refractivity contribution in [2.24, 2.45) is 0 Å². The summed E-state index contributed by atoms with van der Waals surface area (Å²) in [6.07, 6.45) is 0. The summed E-state index contributed by atoms with van der Waals surface area (Å²) >= 11 is 3.93. The van der Waals surface area contributed by atoms with E-state index < -0.39 is 0 Å². The van der Waals surface area contributed by atoms with Crippen LogP contribution in [0.15, 0.2) is 158 Å². The van der Waals surface area contributed by atoms with E-state index in [1.807, 2.05) is 22.7 Å². The summed E-state index contributed by atoms with van der Waals surface area (Å²) in [5.74, 6) is 0. The molecule has 2 aliphatic heterocycles. The molecular formula is C54H44BN3S2. The van der Waals surface area contributed by atoms with E-state index in [1.54, 1.807) is 0 Å².